The van der Waals surface area contributed by atoms with Crippen LogP contribution in [-0.4, -0.2) is 43.3 Å². The first-order valence-corrected chi connectivity index (χ1v) is 10.4. The molecule has 0 atom stereocenters. The maximum absolute atomic E-state index is 12.8. The Kier molecular flexibility index (Phi) is 4.54. The fraction of sp³-hybridized carbons (Fsp3) is 0.333. The molecule has 0 spiro atoms. The highest BCUT2D eigenvalue weighted by Crippen LogP contribution is 2.32. The van der Waals surface area contributed by atoms with E-state index in [1.54, 1.807) is 6.07 Å². The van der Waals surface area contributed by atoms with Crippen molar-refractivity contribution in [3.63, 3.8) is 0 Å². The van der Waals surface area contributed by atoms with Crippen molar-refractivity contribution in [2.24, 2.45) is 0 Å². The van der Waals surface area contributed by atoms with E-state index in [2.05, 4.69) is 29.2 Å². The average Bonchev–Trinajstić information content (AvgIpc) is 2.55. The van der Waals surface area contributed by atoms with E-state index in [9.17, 15) is 8.42 Å². The molecule has 2 aliphatic rings. The maximum atomic E-state index is 12.8. The van der Waals surface area contributed by atoms with Gasteiger partial charge in [-0.3, -0.25) is 4.90 Å². The lowest BCUT2D eigenvalue weighted by atomic mass is 9.97. The molecule has 0 N–H and O–H groups in total. The molecule has 25 heavy (non-hydrogen) atoms. The summed E-state index contributed by atoms with van der Waals surface area (Å²) in [5, 5.41) is 0.576. The Labute approximate surface area is 158 Å². The van der Waals surface area contributed by atoms with E-state index in [1.807, 2.05) is 0 Å². The molecule has 4 rings (SSSR count). The molecule has 0 radical (unpaired) electrons. The lowest BCUT2D eigenvalue weighted by Gasteiger charge is -2.46. The number of hydrogen-bond donors (Lipinski definition) is 0. The molecule has 0 unspecified atom stereocenters. The van der Waals surface area contributed by atoms with E-state index in [4.69, 9.17) is 23.2 Å². The second-order valence-electron chi connectivity index (χ2n) is 6.54. The Morgan fingerprint density at radius 2 is 1.72 bits per heavy atom. The molecule has 2 heterocycles. The molecule has 0 aliphatic carbocycles. The highest BCUT2D eigenvalue weighted by Gasteiger charge is 2.41. The van der Waals surface area contributed by atoms with Gasteiger partial charge in [0, 0.05) is 37.2 Å². The van der Waals surface area contributed by atoms with Gasteiger partial charge in [0.05, 0.1) is 5.02 Å². The number of hydrogen-bond acceptors (Lipinski definition) is 3. The summed E-state index contributed by atoms with van der Waals surface area (Å²) in [6.07, 6.45) is 1.01. The van der Waals surface area contributed by atoms with Gasteiger partial charge in [-0.1, -0.05) is 47.5 Å². The predicted octanol–water partition coefficient (Wildman–Crippen LogP) is 3.42. The SMILES string of the molecule is O=S(=O)(c1cc(Cl)ccc1Cl)N1CC(N2CCc3ccccc3C2)C1. The number of sulfonamides is 1. The first-order valence-electron chi connectivity index (χ1n) is 8.21. The van der Waals surface area contributed by atoms with Gasteiger partial charge in [0.25, 0.3) is 0 Å². The van der Waals surface area contributed by atoms with Gasteiger partial charge in [-0.05, 0) is 35.7 Å². The van der Waals surface area contributed by atoms with Gasteiger partial charge in [0.15, 0.2) is 0 Å². The molecule has 7 heteroatoms. The fourth-order valence-corrected chi connectivity index (χ4v) is 5.74. The summed E-state index contributed by atoms with van der Waals surface area (Å²) < 4.78 is 27.0. The molecule has 0 saturated carbocycles. The average molecular weight is 397 g/mol. The van der Waals surface area contributed by atoms with Gasteiger partial charge >= 0.3 is 0 Å². The van der Waals surface area contributed by atoms with Crippen molar-refractivity contribution in [1.29, 1.82) is 0 Å². The Bertz CT molecular complexity index is 911. The minimum atomic E-state index is -3.60. The quantitative estimate of drug-likeness (QED) is 0.797. The summed E-state index contributed by atoms with van der Waals surface area (Å²) in [4.78, 5) is 2.46. The highest BCUT2D eigenvalue weighted by molar-refractivity contribution is 7.89. The normalized spacial score (nSPS) is 19.4. The molecule has 0 amide bonds. The summed E-state index contributed by atoms with van der Waals surface area (Å²) in [6, 6.07) is 13.2. The van der Waals surface area contributed by atoms with E-state index < -0.39 is 10.0 Å². The maximum Gasteiger partial charge on any atom is 0.244 e. The third-order valence-corrected chi connectivity index (χ3v) is 7.56. The molecule has 4 nitrogen and oxygen atoms in total. The van der Waals surface area contributed by atoms with Gasteiger partial charge < -0.3 is 0 Å². The summed E-state index contributed by atoms with van der Waals surface area (Å²) >= 11 is 12.0. The molecular formula is C18H18Cl2N2O2S. The Hall–Kier alpha value is -1.11. The second-order valence-corrected chi connectivity index (χ2v) is 9.29. The van der Waals surface area contributed by atoms with Crippen LogP contribution >= 0.6 is 23.2 Å². The molecule has 0 bridgehead atoms. The van der Waals surface area contributed by atoms with E-state index in [0.29, 0.717) is 18.1 Å². The van der Waals surface area contributed by atoms with Crippen LogP contribution in [0.3, 0.4) is 0 Å². The first kappa shape index (κ1) is 17.3. The van der Waals surface area contributed by atoms with E-state index >= 15 is 0 Å². The lowest BCUT2D eigenvalue weighted by Crippen LogP contribution is -2.61. The molecule has 2 aromatic carbocycles. The van der Waals surface area contributed by atoms with Crippen LogP contribution in [-0.2, 0) is 23.0 Å². The van der Waals surface area contributed by atoms with Crippen LogP contribution in [0.1, 0.15) is 11.1 Å². The van der Waals surface area contributed by atoms with Crippen LogP contribution < -0.4 is 0 Å². The van der Waals surface area contributed by atoms with Gasteiger partial charge in [0.1, 0.15) is 4.90 Å². The summed E-state index contributed by atoms with van der Waals surface area (Å²) in [5.41, 5.74) is 2.74. The summed E-state index contributed by atoms with van der Waals surface area (Å²) in [6.45, 7) is 2.83. The van der Waals surface area contributed by atoms with Crippen molar-refractivity contribution < 1.29 is 8.42 Å². The zero-order valence-corrected chi connectivity index (χ0v) is 15.9. The largest absolute Gasteiger partial charge is 0.293 e. The number of rotatable bonds is 3. The van der Waals surface area contributed by atoms with Crippen LogP contribution in [0.15, 0.2) is 47.4 Å². The van der Waals surface area contributed by atoms with Gasteiger partial charge in [-0.2, -0.15) is 4.31 Å². The van der Waals surface area contributed by atoms with Crippen LogP contribution in [0, 0.1) is 0 Å². The van der Waals surface area contributed by atoms with E-state index in [-0.39, 0.29) is 16.0 Å². The van der Waals surface area contributed by atoms with Crippen LogP contribution in [0.25, 0.3) is 0 Å². The Morgan fingerprint density at radius 3 is 2.48 bits per heavy atom. The van der Waals surface area contributed by atoms with Gasteiger partial charge in [0.2, 0.25) is 10.0 Å². The van der Waals surface area contributed by atoms with E-state index in [1.165, 1.54) is 27.6 Å². The molecule has 0 aromatic heterocycles. The van der Waals surface area contributed by atoms with Crippen molar-refractivity contribution in [3.05, 3.63) is 63.6 Å². The predicted molar refractivity (Wildman–Crippen MR) is 99.6 cm³/mol. The molecule has 2 aromatic rings. The summed E-state index contributed by atoms with van der Waals surface area (Å²) in [5.74, 6) is 0. The third kappa shape index (κ3) is 3.20. The minimum Gasteiger partial charge on any atom is -0.293 e. The van der Waals surface area contributed by atoms with Gasteiger partial charge in [-0.15, -0.1) is 0 Å². The van der Waals surface area contributed by atoms with E-state index in [0.717, 1.165) is 19.5 Å². The Morgan fingerprint density at radius 1 is 1.00 bits per heavy atom. The standard InChI is InChI=1S/C18H18Cl2N2O2S/c19-15-5-6-17(20)18(9-15)25(23,24)22-11-16(12-22)21-8-7-13-3-1-2-4-14(13)10-21/h1-6,9,16H,7-8,10-12H2. The lowest BCUT2D eigenvalue weighted by molar-refractivity contribution is 0.0769. The van der Waals surface area contributed by atoms with Crippen molar-refractivity contribution in [2.45, 2.75) is 23.9 Å². The number of halogens is 2. The van der Waals surface area contributed by atoms with Crippen LogP contribution in [0.2, 0.25) is 10.0 Å². The van der Waals surface area contributed by atoms with Crippen molar-refractivity contribution in [1.82, 2.24) is 9.21 Å². The molecule has 132 valence electrons. The molecule has 2 aliphatic heterocycles. The van der Waals surface area contributed by atoms with Crippen LogP contribution in [0.4, 0.5) is 0 Å². The summed E-state index contributed by atoms with van der Waals surface area (Å²) in [7, 11) is -3.60. The second kappa shape index (κ2) is 6.56. The van der Waals surface area contributed by atoms with Crippen LogP contribution in [0.5, 0.6) is 0 Å². The van der Waals surface area contributed by atoms with Gasteiger partial charge in [-0.25, -0.2) is 8.42 Å². The third-order valence-electron chi connectivity index (χ3n) is 5.02. The number of benzene rings is 2. The topological polar surface area (TPSA) is 40.6 Å². The molecule has 1 fully saturated rings. The van der Waals surface area contributed by atoms with Crippen molar-refractivity contribution in [2.75, 3.05) is 19.6 Å². The number of nitrogens with zero attached hydrogens (tertiary/aromatic N) is 2. The van der Waals surface area contributed by atoms with Crippen molar-refractivity contribution in [3.8, 4) is 0 Å². The zero-order chi connectivity index (χ0) is 17.6. The monoisotopic (exact) mass is 396 g/mol. The fourth-order valence-electron chi connectivity index (χ4n) is 3.49. The Balaban J connectivity index is 1.46. The minimum absolute atomic E-state index is 0.0871. The molecule has 1 saturated heterocycles. The molecular weight excluding hydrogens is 379 g/mol. The highest BCUT2D eigenvalue weighted by atomic mass is 35.5. The zero-order valence-electron chi connectivity index (χ0n) is 13.5. The smallest absolute Gasteiger partial charge is 0.244 e. The first-order chi connectivity index (χ1) is 11.9. The van der Waals surface area contributed by atoms with Crippen molar-refractivity contribution >= 4 is 33.2 Å². The number of fused-ring (bicyclic) bond motifs is 1.